The molecule has 0 aliphatic rings. The van der Waals surface area contributed by atoms with Gasteiger partial charge in [-0.05, 0) is 108 Å². The molecule has 11 rings (SSSR count). The van der Waals surface area contributed by atoms with Crippen LogP contribution in [0.3, 0.4) is 0 Å². The average Bonchev–Trinajstić information content (AvgIpc) is 3.91. The van der Waals surface area contributed by atoms with Crippen molar-refractivity contribution in [2.75, 3.05) is 0 Å². The zero-order valence-electron chi connectivity index (χ0n) is 30.3. The molecule has 11 aromatic rings. The molecule has 0 atom stereocenters. The standard InChI is InChI=1S/C51H28N6/c52-29-32-17-19-50-44(25-32)42-11-3-7-15-48(42)56(50)38-23-33(30-53)21-35(26-38)36-22-34(31-54)24-39(27-36)57-49-16-8-4-12-43(49)45-28-37(18-20-51(45)57)55-46-13-5-1-9-40(46)41-10-2-6-14-47(41)55/h1-28H. The van der Waals surface area contributed by atoms with Crippen LogP contribution in [0.25, 0.3) is 93.6 Å². The van der Waals surface area contributed by atoms with Crippen LogP contribution in [0.15, 0.2) is 170 Å². The van der Waals surface area contributed by atoms with Gasteiger partial charge < -0.3 is 13.7 Å². The smallest absolute Gasteiger partial charge is 0.0992 e. The first-order chi connectivity index (χ1) is 28.1. The van der Waals surface area contributed by atoms with Crippen LogP contribution < -0.4 is 0 Å². The Morgan fingerprint density at radius 2 is 0.649 bits per heavy atom. The lowest BCUT2D eigenvalue weighted by Gasteiger charge is -2.14. The summed E-state index contributed by atoms with van der Waals surface area (Å²) in [7, 11) is 0. The highest BCUT2D eigenvalue weighted by Crippen LogP contribution is 2.39. The predicted molar refractivity (Wildman–Crippen MR) is 229 cm³/mol. The molecule has 0 saturated carbocycles. The van der Waals surface area contributed by atoms with Crippen molar-refractivity contribution in [3.63, 3.8) is 0 Å². The zero-order valence-corrected chi connectivity index (χ0v) is 30.3. The van der Waals surface area contributed by atoms with Crippen LogP contribution >= 0.6 is 0 Å². The Morgan fingerprint density at radius 1 is 0.281 bits per heavy atom. The second-order valence-electron chi connectivity index (χ2n) is 14.4. The van der Waals surface area contributed by atoms with Crippen LogP contribution in [0.1, 0.15) is 16.7 Å². The molecule has 0 saturated heterocycles. The maximum atomic E-state index is 10.4. The van der Waals surface area contributed by atoms with Gasteiger partial charge >= 0.3 is 0 Å². The number of hydrogen-bond acceptors (Lipinski definition) is 3. The van der Waals surface area contributed by atoms with Crippen LogP contribution in [0, 0.1) is 34.0 Å². The molecule has 0 fully saturated rings. The predicted octanol–water partition coefficient (Wildman–Crippen LogP) is 12.3. The molecule has 57 heavy (non-hydrogen) atoms. The van der Waals surface area contributed by atoms with Crippen LogP contribution in [-0.2, 0) is 0 Å². The summed E-state index contributed by atoms with van der Waals surface area (Å²) in [5.74, 6) is 0. The van der Waals surface area contributed by atoms with Crippen molar-refractivity contribution in [2.45, 2.75) is 0 Å². The summed E-state index contributed by atoms with van der Waals surface area (Å²) in [6, 6.07) is 64.8. The number of benzene rings is 8. The van der Waals surface area contributed by atoms with E-state index in [0.717, 1.165) is 82.8 Å². The number of aromatic nitrogens is 3. The highest BCUT2D eigenvalue weighted by Gasteiger charge is 2.19. The van der Waals surface area contributed by atoms with E-state index in [1.165, 1.54) is 10.8 Å². The van der Waals surface area contributed by atoms with Gasteiger partial charge in [0.15, 0.2) is 0 Å². The van der Waals surface area contributed by atoms with Crippen molar-refractivity contribution in [2.24, 2.45) is 0 Å². The van der Waals surface area contributed by atoms with Crippen LogP contribution in [0.4, 0.5) is 0 Å². The Morgan fingerprint density at radius 3 is 1.11 bits per heavy atom. The normalized spacial score (nSPS) is 11.5. The molecule has 0 aliphatic heterocycles. The van der Waals surface area contributed by atoms with Crippen LogP contribution in [0.5, 0.6) is 0 Å². The van der Waals surface area contributed by atoms with Crippen molar-refractivity contribution >= 4 is 65.4 Å². The molecule has 3 heterocycles. The lowest BCUT2D eigenvalue weighted by atomic mass is 9.99. The third-order valence-electron chi connectivity index (χ3n) is 11.2. The second-order valence-corrected chi connectivity index (χ2v) is 14.4. The van der Waals surface area contributed by atoms with Crippen molar-refractivity contribution < 1.29 is 0 Å². The minimum absolute atomic E-state index is 0.500. The summed E-state index contributed by atoms with van der Waals surface area (Å²) in [6.07, 6.45) is 0. The highest BCUT2D eigenvalue weighted by molar-refractivity contribution is 6.13. The Balaban J connectivity index is 1.12. The minimum Gasteiger partial charge on any atom is -0.309 e. The topological polar surface area (TPSA) is 86.2 Å². The molecular weight excluding hydrogens is 697 g/mol. The molecule has 8 aromatic carbocycles. The highest BCUT2D eigenvalue weighted by atomic mass is 15.0. The van der Waals surface area contributed by atoms with Crippen molar-refractivity contribution in [1.29, 1.82) is 15.8 Å². The molecule has 0 unspecified atom stereocenters. The lowest BCUT2D eigenvalue weighted by Crippen LogP contribution is -1.98. The summed E-state index contributed by atoms with van der Waals surface area (Å²) in [6.45, 7) is 0. The molecule has 0 amide bonds. The fraction of sp³-hybridized carbons (Fsp3) is 0. The summed E-state index contributed by atoms with van der Waals surface area (Å²) < 4.78 is 6.72. The number of nitriles is 3. The molecule has 0 radical (unpaired) electrons. The second kappa shape index (κ2) is 12.3. The van der Waals surface area contributed by atoms with Gasteiger partial charge in [-0.1, -0.05) is 72.8 Å². The number of rotatable bonds is 4. The first-order valence-corrected chi connectivity index (χ1v) is 18.7. The number of para-hydroxylation sites is 4. The minimum atomic E-state index is 0.500. The lowest BCUT2D eigenvalue weighted by molar-refractivity contribution is 1.16. The Bertz CT molecular complexity index is 3580. The van der Waals surface area contributed by atoms with Gasteiger partial charge in [0.1, 0.15) is 0 Å². The van der Waals surface area contributed by atoms with Gasteiger partial charge in [-0.25, -0.2) is 0 Å². The molecule has 0 aliphatic carbocycles. The van der Waals surface area contributed by atoms with E-state index in [2.05, 4.69) is 147 Å². The molecule has 0 N–H and O–H groups in total. The SMILES string of the molecule is N#Cc1cc(-c2cc(C#N)cc(-n3c4ccccc4c4cc(-n5c6ccccc6c6ccccc65)ccc43)c2)cc(-n2c3ccccc3c3cc(C#N)ccc32)c1. The molecule has 262 valence electrons. The number of nitrogens with zero attached hydrogens (tertiary/aromatic N) is 6. The van der Waals surface area contributed by atoms with E-state index in [9.17, 15) is 15.8 Å². The fourth-order valence-corrected chi connectivity index (χ4v) is 8.84. The van der Waals surface area contributed by atoms with Gasteiger partial charge in [0.2, 0.25) is 0 Å². The van der Waals surface area contributed by atoms with Gasteiger partial charge in [0, 0.05) is 49.4 Å². The largest absolute Gasteiger partial charge is 0.309 e. The summed E-state index contributed by atoms with van der Waals surface area (Å²) >= 11 is 0. The third kappa shape index (κ3) is 4.81. The van der Waals surface area contributed by atoms with E-state index in [-0.39, 0.29) is 0 Å². The van der Waals surface area contributed by atoms with E-state index in [0.29, 0.717) is 16.7 Å². The Labute approximate surface area is 326 Å². The van der Waals surface area contributed by atoms with Gasteiger partial charge in [-0.2, -0.15) is 15.8 Å². The first-order valence-electron chi connectivity index (χ1n) is 18.7. The third-order valence-corrected chi connectivity index (χ3v) is 11.2. The van der Waals surface area contributed by atoms with Crippen molar-refractivity contribution in [3.8, 4) is 46.4 Å². The van der Waals surface area contributed by atoms with E-state index in [1.54, 1.807) is 0 Å². The van der Waals surface area contributed by atoms with Gasteiger partial charge in [-0.3, -0.25) is 0 Å². The van der Waals surface area contributed by atoms with Crippen LogP contribution in [-0.4, -0.2) is 13.7 Å². The van der Waals surface area contributed by atoms with Crippen molar-refractivity contribution in [3.05, 3.63) is 187 Å². The van der Waals surface area contributed by atoms with Crippen molar-refractivity contribution in [1.82, 2.24) is 13.7 Å². The molecule has 0 bridgehead atoms. The fourth-order valence-electron chi connectivity index (χ4n) is 8.84. The maximum absolute atomic E-state index is 10.4. The number of fused-ring (bicyclic) bond motifs is 9. The van der Waals surface area contributed by atoms with Crippen LogP contribution in [0.2, 0.25) is 0 Å². The molecule has 0 spiro atoms. The average molecular weight is 725 g/mol. The maximum Gasteiger partial charge on any atom is 0.0992 e. The van der Waals surface area contributed by atoms with E-state index in [1.807, 2.05) is 54.6 Å². The van der Waals surface area contributed by atoms with E-state index in [4.69, 9.17) is 0 Å². The summed E-state index contributed by atoms with van der Waals surface area (Å²) in [5, 5.41) is 37.0. The van der Waals surface area contributed by atoms with E-state index >= 15 is 0 Å². The van der Waals surface area contributed by atoms with Gasteiger partial charge in [0.05, 0.1) is 68.0 Å². The summed E-state index contributed by atoms with van der Waals surface area (Å²) in [4.78, 5) is 0. The quantitative estimate of drug-likeness (QED) is 0.181. The monoisotopic (exact) mass is 724 g/mol. The molecular formula is C51H28N6. The van der Waals surface area contributed by atoms with Gasteiger partial charge in [0.25, 0.3) is 0 Å². The Kier molecular flexibility index (Phi) is 6.95. The Hall–Kier alpha value is -8.37. The first kappa shape index (κ1) is 32.1. The van der Waals surface area contributed by atoms with E-state index < -0.39 is 0 Å². The van der Waals surface area contributed by atoms with Gasteiger partial charge in [-0.15, -0.1) is 0 Å². The summed E-state index contributed by atoms with van der Waals surface area (Å²) in [5.41, 5.74) is 12.3. The molecule has 3 aromatic heterocycles. The molecule has 6 nitrogen and oxygen atoms in total. The molecule has 6 heteroatoms. The zero-order chi connectivity index (χ0) is 38.2. The number of hydrogen-bond donors (Lipinski definition) is 0.